The monoisotopic (exact) mass is 277 g/mol. The van der Waals surface area contributed by atoms with Crippen LogP contribution in [0.4, 0.5) is 0 Å². The number of carbonyl (C=O) groups excluding carboxylic acids is 1. The van der Waals surface area contributed by atoms with Crippen LogP contribution in [0.25, 0.3) is 0 Å². The number of carbonyl (C=O) groups is 2. The van der Waals surface area contributed by atoms with Crippen molar-refractivity contribution >= 4 is 11.9 Å². The molecule has 1 heterocycles. The lowest BCUT2D eigenvalue weighted by atomic mass is 10.1. The molecule has 5 heteroatoms. The number of carboxylic acid groups (broad SMARTS) is 1. The Labute approximate surface area is 118 Å². The Balaban J connectivity index is 2.03. The molecular weight excluding hydrogens is 258 g/mol. The van der Waals surface area contributed by atoms with Gasteiger partial charge in [0.15, 0.2) is 0 Å². The van der Waals surface area contributed by atoms with Gasteiger partial charge >= 0.3 is 5.97 Å². The number of aromatic carboxylic acids is 1. The zero-order chi connectivity index (χ0) is 14.5. The summed E-state index contributed by atoms with van der Waals surface area (Å²) in [4.78, 5) is 25.0. The predicted molar refractivity (Wildman–Crippen MR) is 73.7 cm³/mol. The molecule has 0 aromatic heterocycles. The van der Waals surface area contributed by atoms with Gasteiger partial charge in [-0.05, 0) is 31.0 Å². The molecule has 0 spiro atoms. The van der Waals surface area contributed by atoms with E-state index in [1.165, 1.54) is 6.07 Å². The standard InChI is InChI=1S/C15H19NO4/c1-11-10-16(6-3-7-20-11)14(17)9-12-4-2-5-13(8-12)15(18)19/h2,4-5,8,11H,3,6-7,9-10H2,1H3,(H,18,19). The van der Waals surface area contributed by atoms with Gasteiger partial charge in [0.1, 0.15) is 0 Å². The fourth-order valence-corrected chi connectivity index (χ4v) is 2.32. The van der Waals surface area contributed by atoms with Crippen LogP contribution in [0.15, 0.2) is 24.3 Å². The summed E-state index contributed by atoms with van der Waals surface area (Å²) < 4.78 is 5.51. The van der Waals surface area contributed by atoms with E-state index < -0.39 is 5.97 Å². The number of rotatable bonds is 3. The topological polar surface area (TPSA) is 66.8 Å². The number of nitrogens with zero attached hydrogens (tertiary/aromatic N) is 1. The van der Waals surface area contributed by atoms with Crippen molar-refractivity contribution in [2.24, 2.45) is 0 Å². The van der Waals surface area contributed by atoms with Gasteiger partial charge in [0.2, 0.25) is 5.91 Å². The third-order valence-corrected chi connectivity index (χ3v) is 3.33. The molecule has 1 aliphatic heterocycles. The van der Waals surface area contributed by atoms with Gasteiger partial charge in [-0.25, -0.2) is 4.79 Å². The molecule has 20 heavy (non-hydrogen) atoms. The molecule has 1 amide bonds. The molecule has 108 valence electrons. The summed E-state index contributed by atoms with van der Waals surface area (Å²) in [5, 5.41) is 8.95. The predicted octanol–water partition coefficient (Wildman–Crippen LogP) is 1.56. The highest BCUT2D eigenvalue weighted by Gasteiger charge is 2.20. The summed E-state index contributed by atoms with van der Waals surface area (Å²) in [5.41, 5.74) is 0.940. The molecule has 1 aliphatic rings. The summed E-state index contributed by atoms with van der Waals surface area (Å²) >= 11 is 0. The molecule has 5 nitrogen and oxygen atoms in total. The zero-order valence-corrected chi connectivity index (χ0v) is 11.5. The highest BCUT2D eigenvalue weighted by atomic mass is 16.5. The van der Waals surface area contributed by atoms with Gasteiger partial charge in [0, 0.05) is 19.7 Å². The van der Waals surface area contributed by atoms with Crippen LogP contribution >= 0.6 is 0 Å². The molecule has 0 saturated carbocycles. The van der Waals surface area contributed by atoms with Crippen LogP contribution in [-0.4, -0.2) is 47.7 Å². The molecule has 1 aromatic carbocycles. The lowest BCUT2D eigenvalue weighted by Gasteiger charge is -2.22. The van der Waals surface area contributed by atoms with Gasteiger partial charge < -0.3 is 14.7 Å². The van der Waals surface area contributed by atoms with Crippen LogP contribution in [0.3, 0.4) is 0 Å². The first-order chi connectivity index (χ1) is 9.56. The number of benzene rings is 1. The number of amides is 1. The normalized spacial score (nSPS) is 19.4. The Kier molecular flexibility index (Phi) is 4.74. The minimum atomic E-state index is -0.976. The minimum absolute atomic E-state index is 0.0184. The molecule has 1 saturated heterocycles. The van der Waals surface area contributed by atoms with E-state index in [9.17, 15) is 9.59 Å². The summed E-state index contributed by atoms with van der Waals surface area (Å²) in [6, 6.07) is 6.53. The van der Waals surface area contributed by atoms with Crippen molar-refractivity contribution in [2.75, 3.05) is 19.7 Å². The fraction of sp³-hybridized carbons (Fsp3) is 0.467. The number of hydrogen-bond donors (Lipinski definition) is 1. The second-order valence-electron chi connectivity index (χ2n) is 5.06. The van der Waals surface area contributed by atoms with E-state index in [1.807, 2.05) is 6.92 Å². The van der Waals surface area contributed by atoms with E-state index in [0.29, 0.717) is 19.7 Å². The molecule has 0 bridgehead atoms. The SMILES string of the molecule is CC1CN(C(=O)Cc2cccc(C(=O)O)c2)CCCO1. The maximum atomic E-state index is 12.3. The van der Waals surface area contributed by atoms with E-state index in [-0.39, 0.29) is 24.0 Å². The zero-order valence-electron chi connectivity index (χ0n) is 11.5. The van der Waals surface area contributed by atoms with Crippen molar-refractivity contribution in [3.8, 4) is 0 Å². The Bertz CT molecular complexity index is 500. The van der Waals surface area contributed by atoms with Gasteiger partial charge in [-0.1, -0.05) is 12.1 Å². The molecule has 1 atom stereocenters. The van der Waals surface area contributed by atoms with Crippen LogP contribution in [0, 0.1) is 0 Å². The van der Waals surface area contributed by atoms with Crippen molar-refractivity contribution in [2.45, 2.75) is 25.9 Å². The Morgan fingerprint density at radius 1 is 1.45 bits per heavy atom. The van der Waals surface area contributed by atoms with Crippen molar-refractivity contribution in [3.05, 3.63) is 35.4 Å². The van der Waals surface area contributed by atoms with Crippen LogP contribution in [0.2, 0.25) is 0 Å². The largest absolute Gasteiger partial charge is 0.478 e. The highest BCUT2D eigenvalue weighted by Crippen LogP contribution is 2.11. The lowest BCUT2D eigenvalue weighted by molar-refractivity contribution is -0.131. The number of hydrogen-bond acceptors (Lipinski definition) is 3. The quantitative estimate of drug-likeness (QED) is 0.910. The van der Waals surface area contributed by atoms with Crippen LogP contribution in [0.1, 0.15) is 29.3 Å². The smallest absolute Gasteiger partial charge is 0.335 e. The van der Waals surface area contributed by atoms with Crippen LogP contribution in [0.5, 0.6) is 0 Å². The van der Waals surface area contributed by atoms with Crippen molar-refractivity contribution < 1.29 is 19.4 Å². The Morgan fingerprint density at radius 2 is 2.25 bits per heavy atom. The molecule has 1 aromatic rings. The molecule has 0 aliphatic carbocycles. The molecule has 1 unspecified atom stereocenters. The van der Waals surface area contributed by atoms with Gasteiger partial charge in [0.05, 0.1) is 18.1 Å². The first-order valence-corrected chi connectivity index (χ1v) is 6.78. The summed E-state index contributed by atoms with van der Waals surface area (Å²) in [6.45, 7) is 3.93. The van der Waals surface area contributed by atoms with E-state index in [0.717, 1.165) is 12.0 Å². The molecule has 0 radical (unpaired) electrons. The van der Waals surface area contributed by atoms with Gasteiger partial charge in [-0.2, -0.15) is 0 Å². The molecular formula is C15H19NO4. The van der Waals surface area contributed by atoms with Crippen LogP contribution < -0.4 is 0 Å². The highest BCUT2D eigenvalue weighted by molar-refractivity contribution is 5.88. The van der Waals surface area contributed by atoms with Crippen molar-refractivity contribution in [1.29, 1.82) is 0 Å². The third kappa shape index (κ3) is 3.81. The van der Waals surface area contributed by atoms with Crippen molar-refractivity contribution in [1.82, 2.24) is 4.90 Å². The van der Waals surface area contributed by atoms with Crippen molar-refractivity contribution in [3.63, 3.8) is 0 Å². The number of carboxylic acids is 1. The van der Waals surface area contributed by atoms with Gasteiger partial charge in [0.25, 0.3) is 0 Å². The second-order valence-corrected chi connectivity index (χ2v) is 5.06. The molecule has 1 fully saturated rings. The summed E-state index contributed by atoms with van der Waals surface area (Å²) in [6.07, 6.45) is 1.12. The van der Waals surface area contributed by atoms with E-state index in [4.69, 9.17) is 9.84 Å². The van der Waals surface area contributed by atoms with E-state index in [2.05, 4.69) is 0 Å². The average molecular weight is 277 g/mol. The van der Waals surface area contributed by atoms with Gasteiger partial charge in [-0.3, -0.25) is 4.79 Å². The van der Waals surface area contributed by atoms with Crippen LogP contribution in [-0.2, 0) is 16.0 Å². The second kappa shape index (κ2) is 6.52. The molecule has 2 rings (SSSR count). The fourth-order valence-electron chi connectivity index (χ4n) is 2.32. The maximum absolute atomic E-state index is 12.3. The van der Waals surface area contributed by atoms with E-state index >= 15 is 0 Å². The summed E-state index contributed by atoms with van der Waals surface area (Å²) in [7, 11) is 0. The first-order valence-electron chi connectivity index (χ1n) is 6.78. The Morgan fingerprint density at radius 3 is 3.00 bits per heavy atom. The van der Waals surface area contributed by atoms with Gasteiger partial charge in [-0.15, -0.1) is 0 Å². The lowest BCUT2D eigenvalue weighted by Crippen LogP contribution is -2.36. The van der Waals surface area contributed by atoms with E-state index in [1.54, 1.807) is 23.1 Å². The number of ether oxygens (including phenoxy) is 1. The maximum Gasteiger partial charge on any atom is 0.335 e. The summed E-state index contributed by atoms with van der Waals surface area (Å²) in [5.74, 6) is -0.957. The Hall–Kier alpha value is -1.88. The third-order valence-electron chi connectivity index (χ3n) is 3.33. The molecule has 1 N–H and O–H groups in total. The first kappa shape index (κ1) is 14.5. The average Bonchev–Trinajstić information content (AvgIpc) is 2.63. The minimum Gasteiger partial charge on any atom is -0.478 e.